The maximum Gasteiger partial charge on any atom is 0.269 e. The highest BCUT2D eigenvalue weighted by molar-refractivity contribution is 9.09. The van der Waals surface area contributed by atoms with Crippen LogP contribution < -0.4 is 5.32 Å². The van der Waals surface area contributed by atoms with Gasteiger partial charge in [0.1, 0.15) is 0 Å². The number of alkyl halides is 1. The average Bonchev–Trinajstić information content (AvgIpc) is 2.91. The first-order chi connectivity index (χ1) is 10.0. The molecule has 0 aromatic heterocycles. The van der Waals surface area contributed by atoms with Crippen molar-refractivity contribution in [2.75, 3.05) is 11.9 Å². The second-order valence-electron chi connectivity index (χ2n) is 5.57. The zero-order valence-corrected chi connectivity index (χ0v) is 13.6. The number of carbonyl (C=O) groups excluding carboxylic acids is 1. The molecule has 5 nitrogen and oxygen atoms in total. The zero-order chi connectivity index (χ0) is 15.4. The first-order valence-corrected chi connectivity index (χ1v) is 8.24. The molecule has 0 bridgehead atoms. The summed E-state index contributed by atoms with van der Waals surface area (Å²) in [6.07, 6.45) is 3.57. The molecule has 0 radical (unpaired) electrons. The maximum atomic E-state index is 12.2. The molecule has 21 heavy (non-hydrogen) atoms. The van der Waals surface area contributed by atoms with Crippen LogP contribution >= 0.6 is 15.9 Å². The van der Waals surface area contributed by atoms with Crippen molar-refractivity contribution in [3.8, 4) is 0 Å². The van der Waals surface area contributed by atoms with E-state index in [0.29, 0.717) is 29.5 Å². The van der Waals surface area contributed by atoms with Gasteiger partial charge < -0.3 is 5.32 Å². The van der Waals surface area contributed by atoms with E-state index in [0.717, 1.165) is 11.8 Å². The van der Waals surface area contributed by atoms with E-state index in [-0.39, 0.29) is 11.6 Å². The van der Waals surface area contributed by atoms with Crippen LogP contribution in [0.1, 0.15) is 35.2 Å². The van der Waals surface area contributed by atoms with Crippen molar-refractivity contribution in [2.45, 2.75) is 26.2 Å². The number of benzene rings is 1. The van der Waals surface area contributed by atoms with E-state index in [2.05, 4.69) is 21.2 Å². The summed E-state index contributed by atoms with van der Waals surface area (Å²) in [7, 11) is 0. The molecule has 1 aliphatic rings. The largest absolute Gasteiger partial charge is 0.352 e. The Kier molecular flexibility index (Phi) is 5.33. The van der Waals surface area contributed by atoms with Gasteiger partial charge in [0.2, 0.25) is 0 Å². The Morgan fingerprint density at radius 3 is 2.76 bits per heavy atom. The normalized spacial score (nSPS) is 21.2. The molecule has 0 saturated heterocycles. The average molecular weight is 355 g/mol. The highest BCUT2D eigenvalue weighted by Gasteiger charge is 2.26. The van der Waals surface area contributed by atoms with Crippen LogP contribution in [0.15, 0.2) is 18.2 Å². The fraction of sp³-hybridized carbons (Fsp3) is 0.533. The Balaban J connectivity index is 1.99. The summed E-state index contributed by atoms with van der Waals surface area (Å²) in [5, 5.41) is 14.6. The number of hydrogen-bond acceptors (Lipinski definition) is 3. The zero-order valence-electron chi connectivity index (χ0n) is 12.0. The lowest BCUT2D eigenvalue weighted by atomic mass is 9.98. The number of hydrogen-bond donors (Lipinski definition) is 1. The molecule has 1 aromatic carbocycles. The molecule has 6 heteroatoms. The Morgan fingerprint density at radius 1 is 1.43 bits per heavy atom. The smallest absolute Gasteiger partial charge is 0.269 e. The van der Waals surface area contributed by atoms with Crippen LogP contribution in [0.4, 0.5) is 5.69 Å². The van der Waals surface area contributed by atoms with Gasteiger partial charge in [-0.05, 0) is 43.2 Å². The highest BCUT2D eigenvalue weighted by Crippen LogP contribution is 2.32. The van der Waals surface area contributed by atoms with Gasteiger partial charge in [-0.25, -0.2) is 0 Å². The van der Waals surface area contributed by atoms with Crippen molar-refractivity contribution in [3.63, 3.8) is 0 Å². The number of nitro benzene ring substituents is 1. The van der Waals surface area contributed by atoms with Crippen molar-refractivity contribution in [1.82, 2.24) is 5.32 Å². The number of nitrogens with one attached hydrogen (secondary N) is 1. The lowest BCUT2D eigenvalue weighted by molar-refractivity contribution is -0.384. The second kappa shape index (κ2) is 7.02. The van der Waals surface area contributed by atoms with Gasteiger partial charge in [0.25, 0.3) is 11.6 Å². The van der Waals surface area contributed by atoms with Gasteiger partial charge in [0.05, 0.1) is 4.92 Å². The third-order valence-electron chi connectivity index (χ3n) is 4.20. The molecular formula is C15H19BrN2O3. The molecule has 2 atom stereocenters. The summed E-state index contributed by atoms with van der Waals surface area (Å²) in [5.41, 5.74) is 1.15. The summed E-state index contributed by atoms with van der Waals surface area (Å²) in [4.78, 5) is 22.5. The van der Waals surface area contributed by atoms with Crippen LogP contribution in [-0.2, 0) is 0 Å². The molecule has 0 spiro atoms. The number of aryl methyl sites for hydroxylation is 1. The molecule has 2 unspecified atom stereocenters. The van der Waals surface area contributed by atoms with E-state index in [1.54, 1.807) is 6.92 Å². The van der Waals surface area contributed by atoms with Gasteiger partial charge in [-0.15, -0.1) is 0 Å². The minimum absolute atomic E-state index is 0.0131. The van der Waals surface area contributed by atoms with Gasteiger partial charge in [-0.2, -0.15) is 0 Å². The number of halogens is 1. The van der Waals surface area contributed by atoms with E-state index in [1.807, 2.05) is 0 Å². The van der Waals surface area contributed by atoms with Crippen LogP contribution in [0.3, 0.4) is 0 Å². The number of non-ortho nitro benzene ring substituents is 1. The van der Waals surface area contributed by atoms with Crippen molar-refractivity contribution in [2.24, 2.45) is 11.8 Å². The number of nitrogens with zero attached hydrogens (tertiary/aromatic N) is 1. The highest BCUT2D eigenvalue weighted by atomic mass is 79.9. The molecule has 1 fully saturated rings. The van der Waals surface area contributed by atoms with Gasteiger partial charge in [-0.1, -0.05) is 22.4 Å². The molecule has 114 valence electrons. The van der Waals surface area contributed by atoms with Crippen LogP contribution in [0.2, 0.25) is 0 Å². The van der Waals surface area contributed by atoms with Gasteiger partial charge in [0.15, 0.2) is 0 Å². The standard InChI is InChI=1S/C15H19BrN2O3/c1-10-7-13(18(20)21)5-6-14(10)15(19)17-9-12-4-2-3-11(12)8-16/h5-7,11-12H,2-4,8-9H2,1H3,(H,17,19). The first-order valence-electron chi connectivity index (χ1n) is 7.12. The summed E-state index contributed by atoms with van der Waals surface area (Å²) in [5.74, 6) is 0.998. The predicted molar refractivity (Wildman–Crippen MR) is 84.8 cm³/mol. The summed E-state index contributed by atoms with van der Waals surface area (Å²) < 4.78 is 0. The lowest BCUT2D eigenvalue weighted by Gasteiger charge is -2.18. The number of carbonyl (C=O) groups is 1. The second-order valence-corrected chi connectivity index (χ2v) is 6.22. The molecule has 1 N–H and O–H groups in total. The molecule has 0 aliphatic heterocycles. The molecule has 2 rings (SSSR count). The quantitative estimate of drug-likeness (QED) is 0.500. The Hall–Kier alpha value is -1.43. The van der Waals surface area contributed by atoms with E-state index >= 15 is 0 Å². The van der Waals surface area contributed by atoms with E-state index in [4.69, 9.17) is 0 Å². The van der Waals surface area contributed by atoms with Crippen molar-refractivity contribution < 1.29 is 9.72 Å². The summed E-state index contributed by atoms with van der Waals surface area (Å²) in [6, 6.07) is 4.34. The maximum absolute atomic E-state index is 12.2. The van der Waals surface area contributed by atoms with Crippen LogP contribution in [0, 0.1) is 28.9 Å². The van der Waals surface area contributed by atoms with E-state index in [1.165, 1.54) is 31.0 Å². The number of nitro groups is 1. The van der Waals surface area contributed by atoms with Crippen molar-refractivity contribution >= 4 is 27.5 Å². The Labute approximate surface area is 132 Å². The molecule has 1 aromatic rings. The predicted octanol–water partition coefficient (Wildman–Crippen LogP) is 3.44. The van der Waals surface area contributed by atoms with Gasteiger partial charge in [-0.3, -0.25) is 14.9 Å². The first kappa shape index (κ1) is 15.9. The van der Waals surface area contributed by atoms with Gasteiger partial charge in [0, 0.05) is 29.6 Å². The van der Waals surface area contributed by atoms with Crippen LogP contribution in [0.25, 0.3) is 0 Å². The third kappa shape index (κ3) is 3.81. The fourth-order valence-corrected chi connectivity index (χ4v) is 3.77. The SMILES string of the molecule is Cc1cc([N+](=O)[O-])ccc1C(=O)NCC1CCCC1CBr. The fourth-order valence-electron chi connectivity index (χ4n) is 2.92. The Bertz CT molecular complexity index is 548. The van der Waals surface area contributed by atoms with Gasteiger partial charge >= 0.3 is 0 Å². The lowest BCUT2D eigenvalue weighted by Crippen LogP contribution is -2.31. The molecule has 1 saturated carbocycles. The summed E-state index contributed by atoms with van der Waals surface area (Å²) >= 11 is 3.53. The minimum Gasteiger partial charge on any atom is -0.352 e. The van der Waals surface area contributed by atoms with Crippen molar-refractivity contribution in [3.05, 3.63) is 39.4 Å². The molecule has 1 amide bonds. The Morgan fingerprint density at radius 2 is 2.14 bits per heavy atom. The van der Waals surface area contributed by atoms with Crippen molar-refractivity contribution in [1.29, 1.82) is 0 Å². The van der Waals surface area contributed by atoms with E-state index in [9.17, 15) is 14.9 Å². The van der Waals surface area contributed by atoms with Crippen LogP contribution in [0.5, 0.6) is 0 Å². The van der Waals surface area contributed by atoms with Crippen LogP contribution in [-0.4, -0.2) is 22.7 Å². The molecule has 1 aliphatic carbocycles. The molecular weight excluding hydrogens is 336 g/mol. The monoisotopic (exact) mass is 354 g/mol. The minimum atomic E-state index is -0.451. The topological polar surface area (TPSA) is 72.2 Å². The number of rotatable bonds is 5. The van der Waals surface area contributed by atoms with E-state index < -0.39 is 4.92 Å². The summed E-state index contributed by atoms with van der Waals surface area (Å²) in [6.45, 7) is 2.39. The number of amides is 1. The third-order valence-corrected chi connectivity index (χ3v) is 5.04. The molecule has 0 heterocycles.